The van der Waals surface area contributed by atoms with Crippen LogP contribution in [0.4, 0.5) is 0 Å². The number of hydrogen-bond donors (Lipinski definition) is 4. The van der Waals surface area contributed by atoms with Crippen molar-refractivity contribution >= 4 is 11.7 Å². The molecule has 0 unspecified atom stereocenters. The molecule has 0 saturated heterocycles. The number of carbonyl (C=O) groups excluding carboxylic acids is 1. The Balaban J connectivity index is 2.33. The van der Waals surface area contributed by atoms with E-state index in [2.05, 4.69) is 10.5 Å². The molecule has 0 saturated carbocycles. The van der Waals surface area contributed by atoms with E-state index in [0.29, 0.717) is 18.5 Å². The molecule has 0 heterocycles. The summed E-state index contributed by atoms with van der Waals surface area (Å²) in [7, 11) is 0. The maximum absolute atomic E-state index is 10.5. The van der Waals surface area contributed by atoms with Gasteiger partial charge in [0.05, 0.1) is 0 Å². The Morgan fingerprint density at radius 2 is 1.94 bits per heavy atom. The normalized spacial score (nSPS) is 11.4. The lowest BCUT2D eigenvalue weighted by atomic mass is 10.1. The van der Waals surface area contributed by atoms with Crippen molar-refractivity contribution in [1.29, 1.82) is 0 Å². The Labute approximate surface area is 106 Å². The first kappa shape index (κ1) is 14.0. The highest BCUT2D eigenvalue weighted by Gasteiger charge is 1.99. The minimum absolute atomic E-state index is 0.0935. The summed E-state index contributed by atoms with van der Waals surface area (Å²) in [5.41, 5.74) is 12.2. The molecule has 0 spiro atoms. The van der Waals surface area contributed by atoms with Gasteiger partial charge < -0.3 is 22.0 Å². The van der Waals surface area contributed by atoms with Gasteiger partial charge in [-0.2, -0.15) is 0 Å². The van der Waals surface area contributed by atoms with Gasteiger partial charge in [-0.25, -0.2) is 0 Å². The summed E-state index contributed by atoms with van der Waals surface area (Å²) >= 11 is 0. The van der Waals surface area contributed by atoms with Crippen molar-refractivity contribution < 1.29 is 10.0 Å². The lowest BCUT2D eigenvalue weighted by Gasteiger charge is -2.05. The van der Waals surface area contributed by atoms with Gasteiger partial charge in [-0.05, 0) is 18.5 Å². The van der Waals surface area contributed by atoms with Gasteiger partial charge in [0.1, 0.15) is 0 Å². The summed E-state index contributed by atoms with van der Waals surface area (Å²) in [6, 6.07) is 7.37. The third-order valence-corrected chi connectivity index (χ3v) is 2.46. The number of benzene rings is 1. The van der Waals surface area contributed by atoms with Crippen LogP contribution in [-0.2, 0) is 11.3 Å². The van der Waals surface area contributed by atoms with E-state index in [4.69, 9.17) is 16.7 Å². The third kappa shape index (κ3) is 4.84. The van der Waals surface area contributed by atoms with E-state index in [0.717, 1.165) is 18.5 Å². The number of nitrogens with zero attached hydrogens (tertiary/aromatic N) is 1. The van der Waals surface area contributed by atoms with Crippen LogP contribution < -0.4 is 16.8 Å². The number of amides is 1. The van der Waals surface area contributed by atoms with Crippen molar-refractivity contribution in [2.45, 2.75) is 19.4 Å². The predicted molar refractivity (Wildman–Crippen MR) is 69.1 cm³/mol. The number of carbonyl (C=O) groups is 1. The average Bonchev–Trinajstić information content (AvgIpc) is 2.38. The molecule has 6 N–H and O–H groups in total. The average molecular weight is 250 g/mol. The van der Waals surface area contributed by atoms with Crippen molar-refractivity contribution in [1.82, 2.24) is 5.32 Å². The molecule has 6 nitrogen and oxygen atoms in total. The number of nitrogens with one attached hydrogen (secondary N) is 1. The van der Waals surface area contributed by atoms with Crippen molar-refractivity contribution in [2.24, 2.45) is 16.6 Å². The Kier molecular flexibility index (Phi) is 5.66. The van der Waals surface area contributed by atoms with E-state index < -0.39 is 0 Å². The third-order valence-electron chi connectivity index (χ3n) is 2.46. The molecule has 0 fully saturated rings. The molecule has 98 valence electrons. The number of hydrogen-bond acceptors (Lipinski definition) is 4. The van der Waals surface area contributed by atoms with Crippen LogP contribution in [0.1, 0.15) is 24.0 Å². The first-order chi connectivity index (χ1) is 8.63. The van der Waals surface area contributed by atoms with E-state index in [1.807, 2.05) is 12.1 Å². The van der Waals surface area contributed by atoms with Crippen LogP contribution in [0, 0.1) is 0 Å². The summed E-state index contributed by atoms with van der Waals surface area (Å²) in [6.07, 6.45) is 1.13. The summed E-state index contributed by atoms with van der Waals surface area (Å²) in [5, 5.41) is 14.6. The number of nitrogens with two attached hydrogens (primary N) is 2. The number of oxime groups is 1. The van der Waals surface area contributed by atoms with Crippen molar-refractivity contribution in [2.75, 3.05) is 6.54 Å². The van der Waals surface area contributed by atoms with Gasteiger partial charge in [-0.15, -0.1) is 0 Å². The molecule has 1 amide bonds. The van der Waals surface area contributed by atoms with Gasteiger partial charge in [0, 0.05) is 18.5 Å². The van der Waals surface area contributed by atoms with Gasteiger partial charge in [0.25, 0.3) is 0 Å². The maximum atomic E-state index is 10.5. The Morgan fingerprint density at radius 3 is 2.50 bits per heavy atom. The van der Waals surface area contributed by atoms with Crippen LogP contribution in [0.2, 0.25) is 0 Å². The molecule has 6 heteroatoms. The molecular formula is C12H18N4O2. The van der Waals surface area contributed by atoms with Crippen LogP contribution in [0.25, 0.3) is 0 Å². The Hall–Kier alpha value is -2.08. The second-order valence-corrected chi connectivity index (χ2v) is 3.93. The molecule has 0 radical (unpaired) electrons. The van der Waals surface area contributed by atoms with Gasteiger partial charge in [0.2, 0.25) is 5.91 Å². The summed E-state index contributed by atoms with van der Waals surface area (Å²) in [5.74, 6) is -0.184. The molecule has 1 aromatic carbocycles. The SMILES string of the molecule is NC(=O)CCCNCc1ccc(/C(N)=N/O)cc1. The maximum Gasteiger partial charge on any atom is 0.217 e. The van der Waals surface area contributed by atoms with Crippen LogP contribution >= 0.6 is 0 Å². The highest BCUT2D eigenvalue weighted by Crippen LogP contribution is 2.04. The highest BCUT2D eigenvalue weighted by atomic mass is 16.4. The fourth-order valence-electron chi connectivity index (χ4n) is 1.47. The molecule has 1 rings (SSSR count). The van der Waals surface area contributed by atoms with E-state index in [-0.39, 0.29) is 11.7 Å². The fourth-order valence-corrected chi connectivity index (χ4v) is 1.47. The molecule has 0 aliphatic heterocycles. The quantitative estimate of drug-likeness (QED) is 0.181. The van der Waals surface area contributed by atoms with E-state index in [1.54, 1.807) is 12.1 Å². The van der Waals surface area contributed by atoms with E-state index in [1.165, 1.54) is 0 Å². The zero-order chi connectivity index (χ0) is 13.4. The van der Waals surface area contributed by atoms with E-state index in [9.17, 15) is 4.79 Å². The molecule has 0 aliphatic rings. The number of amidine groups is 1. The Morgan fingerprint density at radius 1 is 1.28 bits per heavy atom. The van der Waals surface area contributed by atoms with Gasteiger partial charge in [-0.1, -0.05) is 29.4 Å². The molecule has 0 aliphatic carbocycles. The number of primary amides is 1. The fraction of sp³-hybridized carbons (Fsp3) is 0.333. The minimum atomic E-state index is -0.278. The summed E-state index contributed by atoms with van der Waals surface area (Å²) in [4.78, 5) is 10.5. The van der Waals surface area contributed by atoms with Crippen molar-refractivity contribution in [3.8, 4) is 0 Å². The van der Waals surface area contributed by atoms with Crippen LogP contribution in [0.5, 0.6) is 0 Å². The smallest absolute Gasteiger partial charge is 0.217 e. The van der Waals surface area contributed by atoms with Gasteiger partial charge >= 0.3 is 0 Å². The summed E-state index contributed by atoms with van der Waals surface area (Å²) in [6.45, 7) is 1.44. The molecule has 0 aromatic heterocycles. The van der Waals surface area contributed by atoms with Crippen molar-refractivity contribution in [3.63, 3.8) is 0 Å². The van der Waals surface area contributed by atoms with Crippen molar-refractivity contribution in [3.05, 3.63) is 35.4 Å². The topological polar surface area (TPSA) is 114 Å². The molecule has 18 heavy (non-hydrogen) atoms. The Bertz CT molecular complexity index is 415. The molecule has 0 atom stereocenters. The largest absolute Gasteiger partial charge is 0.409 e. The second-order valence-electron chi connectivity index (χ2n) is 3.93. The van der Waals surface area contributed by atoms with E-state index >= 15 is 0 Å². The van der Waals surface area contributed by atoms with Crippen LogP contribution in [0.15, 0.2) is 29.4 Å². The molecular weight excluding hydrogens is 232 g/mol. The van der Waals surface area contributed by atoms with Gasteiger partial charge in [-0.3, -0.25) is 4.79 Å². The first-order valence-electron chi connectivity index (χ1n) is 5.69. The first-order valence-corrected chi connectivity index (χ1v) is 5.69. The van der Waals surface area contributed by atoms with Crippen LogP contribution in [0.3, 0.4) is 0 Å². The predicted octanol–water partition coefficient (Wildman–Crippen LogP) is 0.136. The standard InChI is InChI=1S/C12H18N4O2/c13-11(17)2-1-7-15-8-9-3-5-10(6-4-9)12(14)16-18/h3-6,15,18H,1-2,7-8H2,(H2,13,17)(H2,14,16). The molecule has 0 bridgehead atoms. The number of rotatable bonds is 7. The zero-order valence-electron chi connectivity index (χ0n) is 10.1. The summed E-state index contributed by atoms with van der Waals surface area (Å²) < 4.78 is 0. The lowest BCUT2D eigenvalue weighted by molar-refractivity contribution is -0.118. The lowest BCUT2D eigenvalue weighted by Crippen LogP contribution is -2.18. The van der Waals surface area contributed by atoms with Crippen LogP contribution in [-0.4, -0.2) is 23.5 Å². The molecule has 1 aromatic rings. The minimum Gasteiger partial charge on any atom is -0.409 e. The second kappa shape index (κ2) is 7.29. The highest BCUT2D eigenvalue weighted by molar-refractivity contribution is 5.96. The monoisotopic (exact) mass is 250 g/mol. The zero-order valence-corrected chi connectivity index (χ0v) is 10.1. The van der Waals surface area contributed by atoms with Gasteiger partial charge in [0.15, 0.2) is 5.84 Å².